The number of nitrogens with one attached hydrogen (secondary N) is 1. The molecular formula is C34H36N4O7. The van der Waals surface area contributed by atoms with Crippen LogP contribution >= 0.6 is 0 Å². The van der Waals surface area contributed by atoms with Crippen molar-refractivity contribution in [2.45, 2.75) is 30.6 Å². The molecule has 3 aromatic rings. The van der Waals surface area contributed by atoms with E-state index in [1.165, 1.54) is 49.6 Å². The smallest absolute Gasteiger partial charge is 0.339 e. The first-order valence-electron chi connectivity index (χ1n) is 14.8. The summed E-state index contributed by atoms with van der Waals surface area (Å²) in [5.74, 6) is -1.54. The number of ether oxygens (including phenoxy) is 2. The van der Waals surface area contributed by atoms with Crippen molar-refractivity contribution in [1.29, 1.82) is 0 Å². The molecule has 45 heavy (non-hydrogen) atoms. The average molecular weight is 613 g/mol. The summed E-state index contributed by atoms with van der Waals surface area (Å²) >= 11 is 0. The molecule has 3 aromatic carbocycles. The Labute approximate surface area is 261 Å². The SMILES string of the molecule is CN(C)C(=O)C(OC(=O)c1ccccc1)C(C=O)OC(=O)c1ccccc1.CN1C(=O)CN2c3c(cccc31)C1CNCCC12. The summed E-state index contributed by atoms with van der Waals surface area (Å²) in [5, 5.41) is 3.48. The van der Waals surface area contributed by atoms with Crippen LogP contribution in [0.2, 0.25) is 0 Å². The number of para-hydroxylation sites is 1. The quantitative estimate of drug-likeness (QED) is 0.317. The maximum absolute atomic E-state index is 12.4. The van der Waals surface area contributed by atoms with E-state index in [0.29, 0.717) is 18.5 Å². The van der Waals surface area contributed by atoms with E-state index in [0.717, 1.165) is 30.1 Å². The van der Waals surface area contributed by atoms with E-state index in [9.17, 15) is 24.0 Å². The molecule has 1 saturated heterocycles. The highest BCUT2D eigenvalue weighted by Gasteiger charge is 2.44. The summed E-state index contributed by atoms with van der Waals surface area (Å²) in [6.07, 6.45) is -1.78. The van der Waals surface area contributed by atoms with Gasteiger partial charge in [-0.1, -0.05) is 48.5 Å². The van der Waals surface area contributed by atoms with Crippen molar-refractivity contribution in [3.63, 3.8) is 0 Å². The minimum atomic E-state index is -1.60. The maximum atomic E-state index is 12.4. The van der Waals surface area contributed by atoms with Gasteiger partial charge in [0.2, 0.25) is 18.1 Å². The summed E-state index contributed by atoms with van der Waals surface area (Å²) in [7, 11) is 4.76. The Balaban J connectivity index is 0.000000191. The van der Waals surface area contributed by atoms with Gasteiger partial charge in [-0.2, -0.15) is 0 Å². The molecule has 3 aliphatic rings. The zero-order valence-electron chi connectivity index (χ0n) is 25.4. The number of esters is 2. The maximum Gasteiger partial charge on any atom is 0.339 e. The molecule has 1 fully saturated rings. The van der Waals surface area contributed by atoms with Gasteiger partial charge in [0.05, 0.1) is 29.0 Å². The van der Waals surface area contributed by atoms with Crippen molar-refractivity contribution in [2.75, 3.05) is 50.6 Å². The van der Waals surface area contributed by atoms with Crippen molar-refractivity contribution in [2.24, 2.45) is 0 Å². The molecule has 4 unspecified atom stereocenters. The number of anilines is 2. The second kappa shape index (κ2) is 13.7. The van der Waals surface area contributed by atoms with Crippen LogP contribution in [0.25, 0.3) is 0 Å². The Hall–Kier alpha value is -5.03. The molecule has 11 nitrogen and oxygen atoms in total. The lowest BCUT2D eigenvalue weighted by Crippen LogP contribution is -2.50. The molecule has 0 aromatic heterocycles. The van der Waals surface area contributed by atoms with Crippen LogP contribution in [0, 0.1) is 0 Å². The first kappa shape index (κ1) is 31.4. The number of carbonyl (C=O) groups is 5. The third-order valence-electron chi connectivity index (χ3n) is 8.23. The average Bonchev–Trinajstić information content (AvgIpc) is 3.39. The summed E-state index contributed by atoms with van der Waals surface area (Å²) in [6.45, 7) is 2.64. The van der Waals surface area contributed by atoms with Crippen LogP contribution in [0.3, 0.4) is 0 Å². The van der Waals surface area contributed by atoms with Crippen molar-refractivity contribution in [1.82, 2.24) is 10.2 Å². The standard InChI is InChI=1S/C20H19NO6.C14H17N3O/c1-21(2)18(23)17(27-20(25)15-11-7-4-8-12-15)16(13-22)26-19(24)14-9-5-3-6-10-14;1-16-12-4-2-3-9-10-7-15-6-5-11(10)17(14(9)12)8-13(16)18/h3-13,16-17H,1-2H3;2-4,10-11,15H,5-8H2,1H3. The molecular weight excluding hydrogens is 576 g/mol. The number of benzene rings is 3. The van der Waals surface area contributed by atoms with Crippen LogP contribution in [-0.2, 0) is 23.9 Å². The third kappa shape index (κ3) is 6.58. The lowest BCUT2D eigenvalue weighted by molar-refractivity contribution is -0.147. The van der Waals surface area contributed by atoms with Gasteiger partial charge in [0, 0.05) is 39.6 Å². The molecule has 0 saturated carbocycles. The van der Waals surface area contributed by atoms with Crippen LogP contribution in [0.15, 0.2) is 78.9 Å². The van der Waals surface area contributed by atoms with Crippen LogP contribution < -0.4 is 15.1 Å². The van der Waals surface area contributed by atoms with Gasteiger partial charge in [-0.3, -0.25) is 14.4 Å². The van der Waals surface area contributed by atoms with Gasteiger partial charge < -0.3 is 29.5 Å². The summed E-state index contributed by atoms with van der Waals surface area (Å²) < 4.78 is 10.3. The number of likely N-dealkylation sites (N-methyl/N-ethyl adjacent to an activating group) is 2. The number of piperidine rings is 1. The van der Waals surface area contributed by atoms with Crippen LogP contribution in [0.1, 0.15) is 38.6 Å². The van der Waals surface area contributed by atoms with Gasteiger partial charge in [0.15, 0.2) is 6.29 Å². The van der Waals surface area contributed by atoms with Gasteiger partial charge in [0.25, 0.3) is 5.91 Å². The minimum absolute atomic E-state index is 0.202. The van der Waals surface area contributed by atoms with E-state index in [1.807, 2.05) is 7.05 Å². The molecule has 0 bridgehead atoms. The Morgan fingerprint density at radius 1 is 0.911 bits per heavy atom. The first-order chi connectivity index (χ1) is 21.7. The van der Waals surface area contributed by atoms with Crippen molar-refractivity contribution < 1.29 is 33.4 Å². The molecule has 0 aliphatic carbocycles. The molecule has 11 heteroatoms. The number of carbonyl (C=O) groups excluding carboxylic acids is 5. The van der Waals surface area contributed by atoms with E-state index >= 15 is 0 Å². The second-order valence-electron chi connectivity index (χ2n) is 11.3. The number of fused-ring (bicyclic) bond motifs is 3. The Bertz CT molecular complexity index is 1560. The van der Waals surface area contributed by atoms with Crippen LogP contribution in [0.5, 0.6) is 0 Å². The highest BCUT2D eigenvalue weighted by atomic mass is 16.6. The number of hydrogen-bond donors (Lipinski definition) is 1. The number of nitrogens with zero attached hydrogens (tertiary/aromatic N) is 3. The number of aldehydes is 1. The Morgan fingerprint density at radius 2 is 1.53 bits per heavy atom. The van der Waals surface area contributed by atoms with Crippen molar-refractivity contribution in [3.8, 4) is 0 Å². The predicted molar refractivity (Wildman–Crippen MR) is 167 cm³/mol. The number of rotatable bonds is 7. The van der Waals surface area contributed by atoms with E-state index in [-0.39, 0.29) is 23.3 Å². The molecule has 6 rings (SSSR count). The van der Waals surface area contributed by atoms with E-state index in [1.54, 1.807) is 41.3 Å². The van der Waals surface area contributed by atoms with Crippen molar-refractivity contribution >= 4 is 41.4 Å². The van der Waals surface area contributed by atoms with E-state index in [2.05, 4.69) is 28.4 Å². The molecule has 1 N–H and O–H groups in total. The van der Waals surface area contributed by atoms with Gasteiger partial charge in [-0.25, -0.2) is 9.59 Å². The first-order valence-corrected chi connectivity index (χ1v) is 14.8. The van der Waals surface area contributed by atoms with Crippen molar-refractivity contribution in [3.05, 3.63) is 95.6 Å². The lowest BCUT2D eigenvalue weighted by Gasteiger charge is -2.38. The lowest BCUT2D eigenvalue weighted by atomic mass is 9.90. The van der Waals surface area contributed by atoms with E-state index in [4.69, 9.17) is 9.47 Å². The molecule has 4 atom stereocenters. The number of hydrogen-bond acceptors (Lipinski definition) is 9. The highest BCUT2D eigenvalue weighted by molar-refractivity contribution is 6.04. The summed E-state index contributed by atoms with van der Waals surface area (Å²) in [6, 6.07) is 22.9. The fraction of sp³-hybridized carbons (Fsp3) is 0.324. The van der Waals surface area contributed by atoms with Gasteiger partial charge >= 0.3 is 11.9 Å². The molecule has 3 aliphatic heterocycles. The number of amides is 2. The Kier molecular flexibility index (Phi) is 9.58. The van der Waals surface area contributed by atoms with Gasteiger partial charge in [-0.05, 0) is 48.9 Å². The zero-order chi connectivity index (χ0) is 32.1. The molecule has 234 valence electrons. The molecule has 0 radical (unpaired) electrons. The fourth-order valence-electron chi connectivity index (χ4n) is 5.91. The zero-order valence-corrected chi connectivity index (χ0v) is 25.4. The highest BCUT2D eigenvalue weighted by Crippen LogP contribution is 2.49. The molecule has 2 amide bonds. The Morgan fingerprint density at radius 3 is 2.13 bits per heavy atom. The fourth-order valence-corrected chi connectivity index (χ4v) is 5.91. The summed E-state index contributed by atoms with van der Waals surface area (Å²) in [4.78, 5) is 65.9. The van der Waals surface area contributed by atoms with Crippen LogP contribution in [0.4, 0.5) is 11.4 Å². The third-order valence-corrected chi connectivity index (χ3v) is 8.23. The molecule has 0 spiro atoms. The van der Waals surface area contributed by atoms with Gasteiger partial charge in [0.1, 0.15) is 0 Å². The molecule has 3 heterocycles. The predicted octanol–water partition coefficient (Wildman–Crippen LogP) is 2.65. The largest absolute Gasteiger partial charge is 0.446 e. The second-order valence-corrected chi connectivity index (χ2v) is 11.3. The van der Waals surface area contributed by atoms with Crippen LogP contribution in [-0.4, -0.2) is 94.0 Å². The van der Waals surface area contributed by atoms with Gasteiger partial charge in [-0.15, -0.1) is 0 Å². The minimum Gasteiger partial charge on any atom is -0.446 e. The monoisotopic (exact) mass is 612 g/mol. The van der Waals surface area contributed by atoms with E-state index < -0.39 is 30.1 Å². The summed E-state index contributed by atoms with van der Waals surface area (Å²) in [5.41, 5.74) is 4.21. The normalized spacial score (nSPS) is 19.1. The topological polar surface area (TPSA) is 126 Å².